The lowest BCUT2D eigenvalue weighted by molar-refractivity contribution is 0.432. The van der Waals surface area contributed by atoms with Gasteiger partial charge in [0, 0.05) is 24.3 Å². The molecular weight excluding hydrogens is 195 g/mol. The van der Waals surface area contributed by atoms with Gasteiger partial charge in [-0.15, -0.1) is 0 Å². The van der Waals surface area contributed by atoms with Gasteiger partial charge in [-0.3, -0.25) is 0 Å². The second-order valence-corrected chi connectivity index (χ2v) is 3.85. The van der Waals surface area contributed by atoms with Crippen LogP contribution < -0.4 is 10.6 Å². The number of aromatic hydroxyl groups is 1. The van der Waals surface area contributed by atoms with Crippen molar-refractivity contribution in [2.24, 2.45) is 0 Å². The van der Waals surface area contributed by atoms with E-state index in [1.54, 1.807) is 6.07 Å². The van der Waals surface area contributed by atoms with Gasteiger partial charge in [-0.1, -0.05) is 0 Å². The lowest BCUT2D eigenvalue weighted by Gasteiger charge is -2.24. The van der Waals surface area contributed by atoms with Gasteiger partial charge in [0.15, 0.2) is 11.6 Å². The van der Waals surface area contributed by atoms with Crippen LogP contribution in [0, 0.1) is 5.82 Å². The van der Waals surface area contributed by atoms with E-state index in [-0.39, 0.29) is 5.75 Å². The third-order valence-electron chi connectivity index (χ3n) is 2.62. The normalized spacial score (nSPS) is 21.3. The topological polar surface area (TPSA) is 44.3 Å². The summed E-state index contributed by atoms with van der Waals surface area (Å²) in [4.78, 5) is 0. The van der Waals surface area contributed by atoms with E-state index in [0.717, 1.165) is 31.6 Å². The Bertz CT molecular complexity index is 337. The van der Waals surface area contributed by atoms with Crippen LogP contribution in [0.3, 0.4) is 0 Å². The van der Waals surface area contributed by atoms with Crippen LogP contribution in [0.15, 0.2) is 18.2 Å². The molecule has 1 aliphatic rings. The van der Waals surface area contributed by atoms with Crippen LogP contribution in [-0.4, -0.2) is 24.2 Å². The molecule has 1 aromatic carbocycles. The summed E-state index contributed by atoms with van der Waals surface area (Å²) in [5, 5.41) is 15.5. The number of nitrogens with one attached hydrogen (secondary N) is 2. The Labute approximate surface area is 88.3 Å². The Balaban J connectivity index is 2.00. The number of anilines is 1. The van der Waals surface area contributed by atoms with Gasteiger partial charge in [-0.05, 0) is 31.5 Å². The molecule has 0 spiro atoms. The number of hydrogen-bond donors (Lipinski definition) is 3. The van der Waals surface area contributed by atoms with E-state index in [4.69, 9.17) is 5.11 Å². The highest BCUT2D eigenvalue weighted by atomic mass is 19.1. The van der Waals surface area contributed by atoms with E-state index in [9.17, 15) is 4.39 Å². The number of rotatable bonds is 2. The van der Waals surface area contributed by atoms with Crippen molar-refractivity contribution in [2.75, 3.05) is 18.4 Å². The molecule has 0 aromatic heterocycles. The molecule has 0 radical (unpaired) electrons. The largest absolute Gasteiger partial charge is 0.505 e. The Morgan fingerprint density at radius 1 is 1.47 bits per heavy atom. The first-order valence-corrected chi connectivity index (χ1v) is 5.21. The van der Waals surface area contributed by atoms with Crippen LogP contribution in [0.1, 0.15) is 12.8 Å². The number of phenols is 1. The first kappa shape index (κ1) is 10.2. The van der Waals surface area contributed by atoms with E-state index < -0.39 is 5.82 Å². The maximum atomic E-state index is 13.0. The zero-order valence-electron chi connectivity index (χ0n) is 8.46. The summed E-state index contributed by atoms with van der Waals surface area (Å²) in [5.74, 6) is -0.883. The third kappa shape index (κ3) is 2.59. The maximum absolute atomic E-state index is 13.0. The molecule has 1 fully saturated rings. The van der Waals surface area contributed by atoms with Crippen LogP contribution >= 0.6 is 0 Å². The minimum Gasteiger partial charge on any atom is -0.505 e. The van der Waals surface area contributed by atoms with Crippen LogP contribution in [0.2, 0.25) is 0 Å². The molecule has 4 heteroatoms. The zero-order chi connectivity index (χ0) is 10.7. The van der Waals surface area contributed by atoms with Gasteiger partial charge in [-0.25, -0.2) is 4.39 Å². The average molecular weight is 210 g/mol. The predicted octanol–water partition coefficient (Wildman–Crippen LogP) is 1.70. The van der Waals surface area contributed by atoms with Gasteiger partial charge < -0.3 is 15.7 Å². The fraction of sp³-hybridized carbons (Fsp3) is 0.455. The molecule has 0 amide bonds. The molecular formula is C11H15FN2O. The second kappa shape index (κ2) is 4.49. The first-order valence-electron chi connectivity index (χ1n) is 5.21. The Kier molecular flexibility index (Phi) is 3.06. The molecule has 1 unspecified atom stereocenters. The van der Waals surface area contributed by atoms with Gasteiger partial charge in [0.25, 0.3) is 0 Å². The SMILES string of the molecule is Oc1ccc(NC2CCCNC2)cc1F. The first-order chi connectivity index (χ1) is 7.25. The lowest BCUT2D eigenvalue weighted by Crippen LogP contribution is -2.38. The Hall–Kier alpha value is -1.29. The van der Waals surface area contributed by atoms with Crippen LogP contribution in [0.4, 0.5) is 10.1 Å². The average Bonchev–Trinajstić information content (AvgIpc) is 2.25. The monoisotopic (exact) mass is 210 g/mol. The maximum Gasteiger partial charge on any atom is 0.166 e. The molecule has 3 nitrogen and oxygen atoms in total. The molecule has 82 valence electrons. The number of piperidine rings is 1. The van der Waals surface area contributed by atoms with E-state index in [2.05, 4.69) is 10.6 Å². The molecule has 0 aliphatic carbocycles. The highest BCUT2D eigenvalue weighted by molar-refractivity contribution is 5.47. The molecule has 1 aliphatic heterocycles. The molecule has 1 atom stereocenters. The van der Waals surface area contributed by atoms with Crippen molar-refractivity contribution in [3.05, 3.63) is 24.0 Å². The van der Waals surface area contributed by atoms with Gasteiger partial charge in [0.2, 0.25) is 0 Å². The smallest absolute Gasteiger partial charge is 0.166 e. The fourth-order valence-electron chi connectivity index (χ4n) is 1.81. The van der Waals surface area contributed by atoms with Crippen molar-refractivity contribution in [3.63, 3.8) is 0 Å². The van der Waals surface area contributed by atoms with Gasteiger partial charge >= 0.3 is 0 Å². The summed E-state index contributed by atoms with van der Waals surface area (Å²) >= 11 is 0. The van der Waals surface area contributed by atoms with Crippen LogP contribution in [-0.2, 0) is 0 Å². The van der Waals surface area contributed by atoms with Gasteiger partial charge in [0.1, 0.15) is 0 Å². The Morgan fingerprint density at radius 3 is 3.00 bits per heavy atom. The van der Waals surface area contributed by atoms with Gasteiger partial charge in [-0.2, -0.15) is 0 Å². The van der Waals surface area contributed by atoms with Crippen LogP contribution in [0.25, 0.3) is 0 Å². The Morgan fingerprint density at radius 2 is 2.33 bits per heavy atom. The number of phenolic OH excluding ortho intramolecular Hbond substituents is 1. The highest BCUT2D eigenvalue weighted by Gasteiger charge is 2.12. The molecule has 0 saturated carbocycles. The molecule has 2 rings (SSSR count). The van der Waals surface area contributed by atoms with Gasteiger partial charge in [0.05, 0.1) is 0 Å². The lowest BCUT2D eigenvalue weighted by atomic mass is 10.1. The van der Waals surface area contributed by atoms with Crippen molar-refractivity contribution in [3.8, 4) is 5.75 Å². The summed E-state index contributed by atoms with van der Waals surface area (Å²) in [7, 11) is 0. The summed E-state index contributed by atoms with van der Waals surface area (Å²) in [6, 6.07) is 4.73. The summed E-state index contributed by atoms with van der Waals surface area (Å²) in [6.45, 7) is 1.96. The van der Waals surface area contributed by atoms with E-state index in [1.165, 1.54) is 12.1 Å². The quantitative estimate of drug-likeness (QED) is 0.651. The minimum atomic E-state index is -0.580. The number of halogens is 1. The molecule has 15 heavy (non-hydrogen) atoms. The third-order valence-corrected chi connectivity index (χ3v) is 2.62. The number of benzene rings is 1. The van der Waals surface area contributed by atoms with E-state index in [0.29, 0.717) is 6.04 Å². The molecule has 3 N–H and O–H groups in total. The highest BCUT2D eigenvalue weighted by Crippen LogP contribution is 2.20. The number of hydrogen-bond acceptors (Lipinski definition) is 3. The predicted molar refractivity (Wildman–Crippen MR) is 57.6 cm³/mol. The standard InChI is InChI=1S/C11H15FN2O/c12-10-6-8(3-4-11(10)15)14-9-2-1-5-13-7-9/h3-4,6,9,13-15H,1-2,5,7H2. The molecule has 1 saturated heterocycles. The van der Waals surface area contributed by atoms with Crippen molar-refractivity contribution >= 4 is 5.69 Å². The zero-order valence-corrected chi connectivity index (χ0v) is 8.46. The molecule has 1 heterocycles. The summed E-state index contributed by atoms with van der Waals surface area (Å²) < 4.78 is 13.0. The van der Waals surface area contributed by atoms with Crippen molar-refractivity contribution in [2.45, 2.75) is 18.9 Å². The van der Waals surface area contributed by atoms with E-state index in [1.807, 2.05) is 0 Å². The van der Waals surface area contributed by atoms with Crippen molar-refractivity contribution in [1.29, 1.82) is 0 Å². The van der Waals surface area contributed by atoms with E-state index >= 15 is 0 Å². The minimum absolute atomic E-state index is 0.303. The van der Waals surface area contributed by atoms with Crippen molar-refractivity contribution in [1.82, 2.24) is 5.32 Å². The molecule has 1 aromatic rings. The molecule has 0 bridgehead atoms. The summed E-state index contributed by atoms with van der Waals surface area (Å²) in [5.41, 5.74) is 0.721. The van der Waals surface area contributed by atoms with Crippen LogP contribution in [0.5, 0.6) is 5.75 Å². The summed E-state index contributed by atoms with van der Waals surface area (Å²) in [6.07, 6.45) is 2.23. The van der Waals surface area contributed by atoms with Crippen molar-refractivity contribution < 1.29 is 9.50 Å². The fourth-order valence-corrected chi connectivity index (χ4v) is 1.81. The second-order valence-electron chi connectivity index (χ2n) is 3.85.